The molecule has 0 rings (SSSR count). The van der Waals surface area contributed by atoms with E-state index in [1.165, 1.54) is 0 Å². The highest BCUT2D eigenvalue weighted by Gasteiger charge is 2.12. The first-order valence-corrected chi connectivity index (χ1v) is 6.58. The number of hydrogen-bond acceptors (Lipinski definition) is 3. The molecule has 2 N–H and O–H groups in total. The van der Waals surface area contributed by atoms with Gasteiger partial charge >= 0.3 is 5.97 Å². The topological polar surface area (TPSA) is 69.6 Å². The third-order valence-corrected chi connectivity index (χ3v) is 3.20. The molecular weight excluding hydrogens is 232 g/mol. The van der Waals surface area contributed by atoms with Crippen LogP contribution in [0.2, 0.25) is 0 Å². The standard InChI is InChI=1S/C13H26N2O3/c1-5-15(4)12(16)9-14-11(3)8-6-7-10(2)13(17)18/h10-11,14H,5-9H2,1-4H3,(H,17,18). The van der Waals surface area contributed by atoms with Gasteiger partial charge in [0.2, 0.25) is 5.91 Å². The number of carboxylic acids is 1. The third kappa shape index (κ3) is 7.27. The summed E-state index contributed by atoms with van der Waals surface area (Å²) in [6, 6.07) is 0.236. The van der Waals surface area contributed by atoms with E-state index in [2.05, 4.69) is 5.32 Å². The molecule has 1 amide bonds. The molecule has 0 bridgehead atoms. The Kier molecular flexibility index (Phi) is 8.37. The summed E-state index contributed by atoms with van der Waals surface area (Å²) >= 11 is 0. The fraction of sp³-hybridized carbons (Fsp3) is 0.846. The van der Waals surface area contributed by atoms with Gasteiger partial charge in [-0.2, -0.15) is 0 Å². The van der Waals surface area contributed by atoms with Gasteiger partial charge < -0.3 is 15.3 Å². The number of carbonyl (C=O) groups is 2. The molecule has 0 aliphatic carbocycles. The summed E-state index contributed by atoms with van der Waals surface area (Å²) in [7, 11) is 1.78. The first-order chi connectivity index (χ1) is 8.38. The maximum Gasteiger partial charge on any atom is 0.306 e. The van der Waals surface area contributed by atoms with E-state index in [9.17, 15) is 9.59 Å². The van der Waals surface area contributed by atoms with Crippen LogP contribution in [0.4, 0.5) is 0 Å². The lowest BCUT2D eigenvalue weighted by atomic mass is 10.0. The molecule has 0 radical (unpaired) electrons. The molecule has 0 saturated heterocycles. The maximum atomic E-state index is 11.5. The van der Waals surface area contributed by atoms with E-state index in [0.29, 0.717) is 19.5 Å². The molecule has 0 fully saturated rings. The van der Waals surface area contributed by atoms with Crippen LogP contribution < -0.4 is 5.32 Å². The highest BCUT2D eigenvalue weighted by molar-refractivity contribution is 5.77. The number of hydrogen-bond donors (Lipinski definition) is 2. The summed E-state index contributed by atoms with van der Waals surface area (Å²) in [6.07, 6.45) is 2.43. The average molecular weight is 258 g/mol. The molecule has 0 aromatic rings. The maximum absolute atomic E-state index is 11.5. The van der Waals surface area contributed by atoms with Crippen molar-refractivity contribution in [2.24, 2.45) is 5.92 Å². The van der Waals surface area contributed by atoms with Gasteiger partial charge in [-0.15, -0.1) is 0 Å². The zero-order valence-electron chi connectivity index (χ0n) is 11.9. The lowest BCUT2D eigenvalue weighted by Gasteiger charge is -2.18. The largest absolute Gasteiger partial charge is 0.481 e. The van der Waals surface area contributed by atoms with Gasteiger partial charge in [-0.3, -0.25) is 9.59 Å². The second kappa shape index (κ2) is 8.91. The van der Waals surface area contributed by atoms with E-state index in [0.717, 1.165) is 12.8 Å². The Bertz CT molecular complexity index is 269. The Balaban J connectivity index is 3.69. The average Bonchev–Trinajstić information content (AvgIpc) is 2.34. The molecule has 0 heterocycles. The highest BCUT2D eigenvalue weighted by atomic mass is 16.4. The van der Waals surface area contributed by atoms with Crippen molar-refractivity contribution in [3.05, 3.63) is 0 Å². The highest BCUT2D eigenvalue weighted by Crippen LogP contribution is 2.09. The third-order valence-electron chi connectivity index (χ3n) is 3.20. The molecule has 106 valence electrons. The Morgan fingerprint density at radius 1 is 1.28 bits per heavy atom. The van der Waals surface area contributed by atoms with Crippen LogP contribution in [0.15, 0.2) is 0 Å². The van der Waals surface area contributed by atoms with Crippen LogP contribution in [-0.4, -0.2) is 48.1 Å². The second-order valence-electron chi connectivity index (χ2n) is 4.86. The van der Waals surface area contributed by atoms with Crippen LogP contribution in [0.3, 0.4) is 0 Å². The van der Waals surface area contributed by atoms with Crippen LogP contribution >= 0.6 is 0 Å². The first-order valence-electron chi connectivity index (χ1n) is 6.58. The van der Waals surface area contributed by atoms with Gasteiger partial charge in [-0.1, -0.05) is 13.3 Å². The molecule has 0 aromatic heterocycles. The molecule has 5 heteroatoms. The molecule has 0 aliphatic rings. The van der Waals surface area contributed by atoms with Crippen molar-refractivity contribution in [3.8, 4) is 0 Å². The first kappa shape index (κ1) is 16.9. The van der Waals surface area contributed by atoms with Crippen molar-refractivity contribution in [1.29, 1.82) is 0 Å². The molecule has 2 atom stereocenters. The molecule has 0 saturated carbocycles. The van der Waals surface area contributed by atoms with Crippen molar-refractivity contribution >= 4 is 11.9 Å². The lowest BCUT2D eigenvalue weighted by molar-refractivity contribution is -0.141. The van der Waals surface area contributed by atoms with Gasteiger partial charge in [0.15, 0.2) is 0 Å². The van der Waals surface area contributed by atoms with E-state index >= 15 is 0 Å². The number of carboxylic acid groups (broad SMARTS) is 1. The van der Waals surface area contributed by atoms with Crippen molar-refractivity contribution in [1.82, 2.24) is 10.2 Å². The summed E-state index contributed by atoms with van der Waals surface area (Å²) in [4.78, 5) is 23.8. The normalized spacial score (nSPS) is 14.0. The number of nitrogens with one attached hydrogen (secondary N) is 1. The number of aliphatic carboxylic acids is 1. The number of amides is 1. The minimum absolute atomic E-state index is 0.0863. The summed E-state index contributed by atoms with van der Waals surface area (Å²) in [5, 5.41) is 11.9. The Hall–Kier alpha value is -1.10. The number of rotatable bonds is 9. The monoisotopic (exact) mass is 258 g/mol. The molecule has 0 aliphatic heterocycles. The van der Waals surface area contributed by atoms with Crippen molar-refractivity contribution in [2.45, 2.75) is 46.1 Å². The molecule has 0 spiro atoms. The summed E-state index contributed by atoms with van der Waals surface area (Å²) < 4.78 is 0. The molecule has 5 nitrogen and oxygen atoms in total. The second-order valence-corrected chi connectivity index (χ2v) is 4.86. The van der Waals surface area contributed by atoms with E-state index in [-0.39, 0.29) is 17.9 Å². The molecule has 2 unspecified atom stereocenters. The van der Waals surface area contributed by atoms with Crippen LogP contribution in [0.1, 0.15) is 40.0 Å². The van der Waals surface area contributed by atoms with Crippen LogP contribution in [0, 0.1) is 5.92 Å². The predicted molar refractivity (Wildman–Crippen MR) is 71.4 cm³/mol. The van der Waals surface area contributed by atoms with Gasteiger partial charge in [-0.05, 0) is 26.7 Å². The smallest absolute Gasteiger partial charge is 0.306 e. The summed E-state index contributed by atoms with van der Waals surface area (Å²) in [6.45, 7) is 6.74. The van der Waals surface area contributed by atoms with Crippen LogP contribution in [0.5, 0.6) is 0 Å². The predicted octanol–water partition coefficient (Wildman–Crippen LogP) is 1.33. The van der Waals surface area contributed by atoms with Gasteiger partial charge in [-0.25, -0.2) is 0 Å². The SMILES string of the molecule is CCN(C)C(=O)CNC(C)CCCC(C)C(=O)O. The Morgan fingerprint density at radius 2 is 1.89 bits per heavy atom. The summed E-state index contributed by atoms with van der Waals surface area (Å²) in [5.41, 5.74) is 0. The van der Waals surface area contributed by atoms with E-state index in [1.807, 2.05) is 13.8 Å². The van der Waals surface area contributed by atoms with Gasteiger partial charge in [0.05, 0.1) is 12.5 Å². The quantitative estimate of drug-likeness (QED) is 0.654. The zero-order valence-corrected chi connectivity index (χ0v) is 11.9. The van der Waals surface area contributed by atoms with E-state index < -0.39 is 5.97 Å². The van der Waals surface area contributed by atoms with Gasteiger partial charge in [0.1, 0.15) is 0 Å². The number of likely N-dealkylation sites (N-methyl/N-ethyl adjacent to an activating group) is 1. The fourth-order valence-electron chi connectivity index (χ4n) is 1.53. The minimum Gasteiger partial charge on any atom is -0.481 e. The van der Waals surface area contributed by atoms with Crippen LogP contribution in [-0.2, 0) is 9.59 Å². The van der Waals surface area contributed by atoms with Gasteiger partial charge in [0, 0.05) is 19.6 Å². The zero-order chi connectivity index (χ0) is 14.1. The van der Waals surface area contributed by atoms with Gasteiger partial charge in [0.25, 0.3) is 0 Å². The molecule has 18 heavy (non-hydrogen) atoms. The number of nitrogens with zero attached hydrogens (tertiary/aromatic N) is 1. The van der Waals surface area contributed by atoms with E-state index in [4.69, 9.17) is 5.11 Å². The van der Waals surface area contributed by atoms with Crippen LogP contribution in [0.25, 0.3) is 0 Å². The van der Waals surface area contributed by atoms with E-state index in [1.54, 1.807) is 18.9 Å². The Morgan fingerprint density at radius 3 is 2.39 bits per heavy atom. The lowest BCUT2D eigenvalue weighted by Crippen LogP contribution is -2.38. The number of carbonyl (C=O) groups excluding carboxylic acids is 1. The van der Waals surface area contributed by atoms with Crippen molar-refractivity contribution < 1.29 is 14.7 Å². The minimum atomic E-state index is -0.740. The van der Waals surface area contributed by atoms with Crippen molar-refractivity contribution in [3.63, 3.8) is 0 Å². The fourth-order valence-corrected chi connectivity index (χ4v) is 1.53. The molecule has 0 aromatic carbocycles. The molecular formula is C13H26N2O3. The van der Waals surface area contributed by atoms with Crippen molar-refractivity contribution in [2.75, 3.05) is 20.1 Å². The Labute approximate surface area is 110 Å². The summed E-state index contributed by atoms with van der Waals surface area (Å²) in [5.74, 6) is -0.941.